The number of benzene rings is 3. The first kappa shape index (κ1) is 28.1. The standard InChI is InChI=1S/C25H25Cl2NO6S2/c1-4-36(32,33)20-11-7-17(8-12-20)24-22(26)13-18(14-23(24)27)28-25(29)21(15-34-2)16-5-9-19(10-6-16)35(3,30)31/h5-14,21H,4,15H2,1-3H3,(H,28,29). The zero-order valence-corrected chi connectivity index (χ0v) is 22.9. The Bertz CT molecular complexity index is 1450. The molecule has 1 amide bonds. The molecule has 3 rings (SSSR count). The lowest BCUT2D eigenvalue weighted by atomic mass is 9.99. The summed E-state index contributed by atoms with van der Waals surface area (Å²) in [5, 5.41) is 3.32. The number of nitrogens with one attached hydrogen (secondary N) is 1. The molecule has 0 aliphatic rings. The van der Waals surface area contributed by atoms with E-state index in [1.54, 1.807) is 43.3 Å². The van der Waals surface area contributed by atoms with E-state index in [4.69, 9.17) is 27.9 Å². The number of ether oxygens (including phenoxy) is 1. The fraction of sp³-hybridized carbons (Fsp3) is 0.240. The summed E-state index contributed by atoms with van der Waals surface area (Å²) in [4.78, 5) is 13.4. The summed E-state index contributed by atoms with van der Waals surface area (Å²) in [6, 6.07) is 15.4. The van der Waals surface area contributed by atoms with E-state index in [1.807, 2.05) is 0 Å². The highest BCUT2D eigenvalue weighted by Crippen LogP contribution is 2.38. The van der Waals surface area contributed by atoms with E-state index in [2.05, 4.69) is 5.32 Å². The maximum Gasteiger partial charge on any atom is 0.234 e. The molecule has 11 heteroatoms. The van der Waals surface area contributed by atoms with Gasteiger partial charge >= 0.3 is 0 Å². The third-order valence-electron chi connectivity index (χ3n) is 5.55. The first-order valence-electron chi connectivity index (χ1n) is 10.8. The summed E-state index contributed by atoms with van der Waals surface area (Å²) < 4.78 is 52.8. The minimum absolute atomic E-state index is 0.00579. The van der Waals surface area contributed by atoms with Gasteiger partial charge in [-0.3, -0.25) is 4.79 Å². The van der Waals surface area contributed by atoms with Gasteiger partial charge in [0, 0.05) is 24.6 Å². The zero-order chi connectivity index (χ0) is 26.7. The Hall–Kier alpha value is -2.43. The van der Waals surface area contributed by atoms with Gasteiger partial charge in [0.1, 0.15) is 0 Å². The number of methoxy groups -OCH3 is 1. The van der Waals surface area contributed by atoms with Crippen molar-refractivity contribution >= 4 is 54.5 Å². The van der Waals surface area contributed by atoms with Crippen LogP contribution in [-0.4, -0.2) is 48.5 Å². The molecule has 0 radical (unpaired) electrons. The molecule has 0 saturated carbocycles. The van der Waals surface area contributed by atoms with E-state index in [0.717, 1.165) is 6.26 Å². The molecule has 0 aromatic heterocycles. The second-order valence-corrected chi connectivity index (χ2v) is 13.2. The lowest BCUT2D eigenvalue weighted by Crippen LogP contribution is -2.24. The summed E-state index contributed by atoms with van der Waals surface area (Å²) in [5.41, 5.74) is 2.07. The fourth-order valence-corrected chi connectivity index (χ4v) is 5.80. The number of hydrogen-bond acceptors (Lipinski definition) is 6. The predicted octanol–water partition coefficient (Wildman–Crippen LogP) is 5.23. The SMILES string of the molecule is CCS(=O)(=O)c1ccc(-c2c(Cl)cc(NC(=O)C(COC)c3ccc(S(C)(=O)=O)cc3)cc2Cl)cc1. The van der Waals surface area contributed by atoms with E-state index in [0.29, 0.717) is 22.4 Å². The maximum absolute atomic E-state index is 13.1. The summed E-state index contributed by atoms with van der Waals surface area (Å²) in [6.45, 7) is 1.64. The molecule has 192 valence electrons. The molecule has 0 spiro atoms. The smallest absolute Gasteiger partial charge is 0.234 e. The second-order valence-electron chi connectivity index (χ2n) is 8.08. The van der Waals surface area contributed by atoms with Crippen molar-refractivity contribution in [3.63, 3.8) is 0 Å². The van der Waals surface area contributed by atoms with Crippen LogP contribution in [0.4, 0.5) is 5.69 Å². The summed E-state index contributed by atoms with van der Waals surface area (Å²) in [6.07, 6.45) is 1.11. The Labute approximate surface area is 221 Å². The topological polar surface area (TPSA) is 107 Å². The van der Waals surface area contributed by atoms with Crippen molar-refractivity contribution in [1.82, 2.24) is 0 Å². The Morgan fingerprint density at radius 1 is 0.917 bits per heavy atom. The van der Waals surface area contributed by atoms with Crippen LogP contribution in [0.3, 0.4) is 0 Å². The van der Waals surface area contributed by atoms with Gasteiger partial charge in [-0.25, -0.2) is 16.8 Å². The van der Waals surface area contributed by atoms with Crippen LogP contribution in [0, 0.1) is 0 Å². The molecule has 0 saturated heterocycles. The molecule has 0 heterocycles. The van der Waals surface area contributed by atoms with E-state index < -0.39 is 31.5 Å². The summed E-state index contributed by atoms with van der Waals surface area (Å²) in [7, 11) is -5.24. The van der Waals surface area contributed by atoms with Gasteiger partial charge in [0.05, 0.1) is 38.1 Å². The number of rotatable bonds is 9. The number of halogens is 2. The maximum atomic E-state index is 13.1. The van der Waals surface area contributed by atoms with E-state index in [-0.39, 0.29) is 32.2 Å². The number of amides is 1. The molecule has 3 aromatic rings. The minimum atomic E-state index is -3.37. The number of sulfone groups is 2. The van der Waals surface area contributed by atoms with Crippen molar-refractivity contribution in [2.45, 2.75) is 22.6 Å². The van der Waals surface area contributed by atoms with Crippen molar-refractivity contribution in [2.24, 2.45) is 0 Å². The summed E-state index contributed by atoms with van der Waals surface area (Å²) >= 11 is 13.0. The molecule has 1 N–H and O–H groups in total. The van der Waals surface area contributed by atoms with E-state index >= 15 is 0 Å². The highest BCUT2D eigenvalue weighted by Gasteiger charge is 2.23. The van der Waals surface area contributed by atoms with Crippen LogP contribution in [0.2, 0.25) is 10.0 Å². The molecular formula is C25H25Cl2NO6S2. The third-order valence-corrected chi connectivity index (χ3v) is 9.03. The Balaban J connectivity index is 1.86. The quantitative estimate of drug-likeness (QED) is 0.378. The lowest BCUT2D eigenvalue weighted by Gasteiger charge is -2.18. The highest BCUT2D eigenvalue weighted by molar-refractivity contribution is 7.91. The third kappa shape index (κ3) is 6.46. The van der Waals surface area contributed by atoms with Gasteiger partial charge in [-0.05, 0) is 47.5 Å². The molecule has 1 atom stereocenters. The normalized spacial score (nSPS) is 12.8. The average Bonchev–Trinajstić information content (AvgIpc) is 2.82. The lowest BCUT2D eigenvalue weighted by molar-refractivity contribution is -0.118. The number of anilines is 1. The molecule has 36 heavy (non-hydrogen) atoms. The van der Waals surface area contributed by atoms with Crippen molar-refractivity contribution < 1.29 is 26.4 Å². The molecular weight excluding hydrogens is 545 g/mol. The van der Waals surface area contributed by atoms with Crippen molar-refractivity contribution in [3.8, 4) is 11.1 Å². The van der Waals surface area contributed by atoms with Crippen LogP contribution in [0.1, 0.15) is 18.4 Å². The Morgan fingerprint density at radius 2 is 1.44 bits per heavy atom. The minimum Gasteiger partial charge on any atom is -0.384 e. The van der Waals surface area contributed by atoms with Gasteiger partial charge < -0.3 is 10.1 Å². The van der Waals surface area contributed by atoms with Crippen LogP contribution < -0.4 is 5.32 Å². The largest absolute Gasteiger partial charge is 0.384 e. The first-order valence-corrected chi connectivity index (χ1v) is 15.1. The zero-order valence-electron chi connectivity index (χ0n) is 19.8. The van der Waals surface area contributed by atoms with Gasteiger partial charge in [-0.15, -0.1) is 0 Å². The number of carbonyl (C=O) groups excluding carboxylic acids is 1. The van der Waals surface area contributed by atoms with E-state index in [9.17, 15) is 21.6 Å². The predicted molar refractivity (Wildman–Crippen MR) is 142 cm³/mol. The van der Waals surface area contributed by atoms with Crippen molar-refractivity contribution in [2.75, 3.05) is 31.0 Å². The van der Waals surface area contributed by atoms with Crippen LogP contribution >= 0.6 is 23.2 Å². The van der Waals surface area contributed by atoms with Crippen LogP contribution in [0.5, 0.6) is 0 Å². The van der Waals surface area contributed by atoms with Crippen molar-refractivity contribution in [3.05, 3.63) is 76.3 Å². The second kappa shape index (κ2) is 11.3. The molecule has 0 fully saturated rings. The fourth-order valence-electron chi connectivity index (χ4n) is 3.58. The van der Waals surface area contributed by atoms with E-state index in [1.165, 1.54) is 31.4 Å². The number of carbonyl (C=O) groups is 1. The van der Waals surface area contributed by atoms with Gasteiger partial charge in [-0.2, -0.15) is 0 Å². The Morgan fingerprint density at radius 3 is 1.92 bits per heavy atom. The monoisotopic (exact) mass is 569 g/mol. The van der Waals surface area contributed by atoms with Gasteiger partial charge in [-0.1, -0.05) is 54.4 Å². The van der Waals surface area contributed by atoms with Crippen LogP contribution in [-0.2, 0) is 29.2 Å². The molecule has 0 bridgehead atoms. The molecule has 3 aromatic carbocycles. The van der Waals surface area contributed by atoms with Gasteiger partial charge in [0.2, 0.25) is 5.91 Å². The molecule has 7 nitrogen and oxygen atoms in total. The van der Waals surface area contributed by atoms with Crippen LogP contribution in [0.25, 0.3) is 11.1 Å². The average molecular weight is 571 g/mol. The molecule has 0 aliphatic carbocycles. The Kier molecular flexibility index (Phi) is 8.84. The first-order chi connectivity index (χ1) is 16.9. The number of hydrogen-bond donors (Lipinski definition) is 1. The summed E-state index contributed by atoms with van der Waals surface area (Å²) in [5.74, 6) is -1.11. The highest BCUT2D eigenvalue weighted by atomic mass is 35.5. The van der Waals surface area contributed by atoms with Gasteiger partial charge in [0.25, 0.3) is 0 Å². The van der Waals surface area contributed by atoms with Crippen LogP contribution in [0.15, 0.2) is 70.5 Å². The molecule has 1 unspecified atom stereocenters. The van der Waals surface area contributed by atoms with Gasteiger partial charge in [0.15, 0.2) is 19.7 Å². The molecule has 0 aliphatic heterocycles. The van der Waals surface area contributed by atoms with Crippen molar-refractivity contribution in [1.29, 1.82) is 0 Å².